The Morgan fingerprint density at radius 3 is 2.22 bits per heavy atom. The van der Waals surface area contributed by atoms with E-state index in [1.807, 2.05) is 0 Å². The van der Waals surface area contributed by atoms with Gasteiger partial charge in [-0.05, 0) is 25.7 Å². The number of rotatable bonds is 13. The zero-order chi connectivity index (χ0) is 13.5. The molecule has 0 aromatic carbocycles. The average Bonchev–Trinajstić information content (AvgIpc) is 2.38. The van der Waals surface area contributed by atoms with E-state index in [4.69, 9.17) is 9.47 Å². The lowest BCUT2D eigenvalue weighted by Gasteiger charge is -2.05. The standard InChI is InChI=1S/C15H30O3/c1-3-5-6-7-9-14-18-15(16)11-8-10-13-17-12-4-2/h3-14H2,1-2H3. The zero-order valence-corrected chi connectivity index (χ0v) is 12.2. The highest BCUT2D eigenvalue weighted by Gasteiger charge is 2.02. The third-order valence-corrected chi connectivity index (χ3v) is 2.78. The van der Waals surface area contributed by atoms with Gasteiger partial charge in [0.05, 0.1) is 6.61 Å². The monoisotopic (exact) mass is 258 g/mol. The molecule has 0 aliphatic rings. The lowest BCUT2D eigenvalue weighted by Crippen LogP contribution is -2.06. The highest BCUT2D eigenvalue weighted by atomic mass is 16.5. The second-order valence-electron chi connectivity index (χ2n) is 4.70. The second-order valence-corrected chi connectivity index (χ2v) is 4.70. The summed E-state index contributed by atoms with van der Waals surface area (Å²) in [5.41, 5.74) is 0. The van der Waals surface area contributed by atoms with E-state index in [0.717, 1.165) is 38.9 Å². The topological polar surface area (TPSA) is 35.5 Å². The minimum absolute atomic E-state index is 0.0546. The first-order chi connectivity index (χ1) is 8.81. The third-order valence-electron chi connectivity index (χ3n) is 2.78. The summed E-state index contributed by atoms with van der Waals surface area (Å²) in [6, 6.07) is 0. The molecule has 0 aromatic rings. The first-order valence-corrected chi connectivity index (χ1v) is 7.54. The molecule has 0 radical (unpaired) electrons. The largest absolute Gasteiger partial charge is 0.466 e. The number of hydrogen-bond donors (Lipinski definition) is 0. The summed E-state index contributed by atoms with van der Waals surface area (Å²) in [7, 11) is 0. The molecule has 0 amide bonds. The van der Waals surface area contributed by atoms with Gasteiger partial charge in [-0.15, -0.1) is 0 Å². The lowest BCUT2D eigenvalue weighted by atomic mass is 10.2. The first kappa shape index (κ1) is 17.4. The van der Waals surface area contributed by atoms with Crippen molar-refractivity contribution in [1.82, 2.24) is 0 Å². The maximum absolute atomic E-state index is 11.4. The maximum Gasteiger partial charge on any atom is 0.305 e. The molecule has 0 atom stereocenters. The Morgan fingerprint density at radius 1 is 0.778 bits per heavy atom. The Kier molecular flexibility index (Phi) is 14.0. The molecule has 0 saturated heterocycles. The van der Waals surface area contributed by atoms with Gasteiger partial charge < -0.3 is 9.47 Å². The van der Waals surface area contributed by atoms with E-state index in [1.165, 1.54) is 25.7 Å². The van der Waals surface area contributed by atoms with Crippen LogP contribution in [0.15, 0.2) is 0 Å². The smallest absolute Gasteiger partial charge is 0.305 e. The molecule has 108 valence electrons. The van der Waals surface area contributed by atoms with Crippen molar-refractivity contribution in [1.29, 1.82) is 0 Å². The number of carbonyl (C=O) groups is 1. The molecule has 0 unspecified atom stereocenters. The van der Waals surface area contributed by atoms with Crippen molar-refractivity contribution in [2.75, 3.05) is 19.8 Å². The van der Waals surface area contributed by atoms with E-state index in [1.54, 1.807) is 0 Å². The molecule has 0 heterocycles. The molecule has 0 spiro atoms. The van der Waals surface area contributed by atoms with Crippen molar-refractivity contribution in [3.05, 3.63) is 0 Å². The molecular weight excluding hydrogens is 228 g/mol. The number of carbonyl (C=O) groups excluding carboxylic acids is 1. The van der Waals surface area contributed by atoms with E-state index in [2.05, 4.69) is 13.8 Å². The number of esters is 1. The van der Waals surface area contributed by atoms with E-state index in [9.17, 15) is 4.79 Å². The predicted octanol–water partition coefficient (Wildman–Crippen LogP) is 4.10. The summed E-state index contributed by atoms with van der Waals surface area (Å²) in [5, 5.41) is 0. The van der Waals surface area contributed by atoms with E-state index < -0.39 is 0 Å². The van der Waals surface area contributed by atoms with Crippen LogP contribution in [-0.4, -0.2) is 25.8 Å². The Labute approximate surface area is 112 Å². The molecule has 3 nitrogen and oxygen atoms in total. The van der Waals surface area contributed by atoms with Gasteiger partial charge in [0.25, 0.3) is 0 Å². The molecule has 0 saturated carbocycles. The molecule has 0 rings (SSSR count). The zero-order valence-electron chi connectivity index (χ0n) is 12.2. The Balaban J connectivity index is 3.12. The van der Waals surface area contributed by atoms with Gasteiger partial charge >= 0.3 is 5.97 Å². The van der Waals surface area contributed by atoms with Gasteiger partial charge in [-0.1, -0.05) is 39.5 Å². The quantitative estimate of drug-likeness (QED) is 0.368. The number of ether oxygens (including phenoxy) is 2. The molecule has 3 heteroatoms. The van der Waals surface area contributed by atoms with Crippen LogP contribution in [0.3, 0.4) is 0 Å². The second kappa shape index (κ2) is 14.5. The van der Waals surface area contributed by atoms with E-state index in [-0.39, 0.29) is 5.97 Å². The van der Waals surface area contributed by atoms with Gasteiger partial charge in [0.1, 0.15) is 0 Å². The van der Waals surface area contributed by atoms with Gasteiger partial charge in [0, 0.05) is 19.6 Å². The Hall–Kier alpha value is -0.570. The van der Waals surface area contributed by atoms with Crippen molar-refractivity contribution in [3.63, 3.8) is 0 Å². The van der Waals surface area contributed by atoms with Crippen LogP contribution in [0.25, 0.3) is 0 Å². The van der Waals surface area contributed by atoms with Crippen LogP contribution in [-0.2, 0) is 14.3 Å². The van der Waals surface area contributed by atoms with Crippen molar-refractivity contribution in [2.24, 2.45) is 0 Å². The van der Waals surface area contributed by atoms with Crippen LogP contribution in [0, 0.1) is 0 Å². The summed E-state index contributed by atoms with van der Waals surface area (Å²) in [4.78, 5) is 11.4. The van der Waals surface area contributed by atoms with Gasteiger partial charge in [0.2, 0.25) is 0 Å². The van der Waals surface area contributed by atoms with Gasteiger partial charge in [-0.2, -0.15) is 0 Å². The van der Waals surface area contributed by atoms with Gasteiger partial charge in [-0.3, -0.25) is 4.79 Å². The van der Waals surface area contributed by atoms with Crippen molar-refractivity contribution in [3.8, 4) is 0 Å². The number of unbranched alkanes of at least 4 members (excludes halogenated alkanes) is 5. The molecular formula is C15H30O3. The summed E-state index contributed by atoms with van der Waals surface area (Å²) >= 11 is 0. The minimum Gasteiger partial charge on any atom is -0.466 e. The fraction of sp³-hybridized carbons (Fsp3) is 0.933. The molecule has 0 fully saturated rings. The lowest BCUT2D eigenvalue weighted by molar-refractivity contribution is -0.143. The number of hydrogen-bond acceptors (Lipinski definition) is 3. The molecule has 18 heavy (non-hydrogen) atoms. The summed E-state index contributed by atoms with van der Waals surface area (Å²) < 4.78 is 10.5. The van der Waals surface area contributed by atoms with Gasteiger partial charge in [-0.25, -0.2) is 0 Å². The van der Waals surface area contributed by atoms with Crippen molar-refractivity contribution < 1.29 is 14.3 Å². The van der Waals surface area contributed by atoms with Crippen LogP contribution in [0.1, 0.15) is 71.6 Å². The SMILES string of the molecule is CCCCCCCOC(=O)CCCCOCCC. The fourth-order valence-corrected chi connectivity index (χ4v) is 1.68. The minimum atomic E-state index is -0.0546. The van der Waals surface area contributed by atoms with E-state index >= 15 is 0 Å². The summed E-state index contributed by atoms with van der Waals surface area (Å²) in [6.07, 6.45) is 9.38. The highest BCUT2D eigenvalue weighted by Crippen LogP contribution is 2.04. The third kappa shape index (κ3) is 13.5. The van der Waals surface area contributed by atoms with Crippen LogP contribution in [0.2, 0.25) is 0 Å². The first-order valence-electron chi connectivity index (χ1n) is 7.54. The van der Waals surface area contributed by atoms with Crippen LogP contribution >= 0.6 is 0 Å². The van der Waals surface area contributed by atoms with Crippen LogP contribution in [0.5, 0.6) is 0 Å². The fourth-order valence-electron chi connectivity index (χ4n) is 1.68. The summed E-state index contributed by atoms with van der Waals surface area (Å²) in [5.74, 6) is -0.0546. The van der Waals surface area contributed by atoms with Crippen molar-refractivity contribution in [2.45, 2.75) is 71.6 Å². The maximum atomic E-state index is 11.4. The predicted molar refractivity (Wildman–Crippen MR) is 74.7 cm³/mol. The van der Waals surface area contributed by atoms with E-state index in [0.29, 0.717) is 13.0 Å². The molecule has 0 aromatic heterocycles. The highest BCUT2D eigenvalue weighted by molar-refractivity contribution is 5.69. The average molecular weight is 258 g/mol. The van der Waals surface area contributed by atoms with Crippen LogP contribution < -0.4 is 0 Å². The molecule has 0 aliphatic heterocycles. The molecule has 0 bridgehead atoms. The molecule has 0 aliphatic carbocycles. The Bertz CT molecular complexity index is 163. The molecule has 0 N–H and O–H groups in total. The summed E-state index contributed by atoms with van der Waals surface area (Å²) in [6.45, 7) is 6.47. The van der Waals surface area contributed by atoms with Crippen molar-refractivity contribution >= 4 is 5.97 Å². The Morgan fingerprint density at radius 2 is 1.50 bits per heavy atom. The normalized spacial score (nSPS) is 10.6. The van der Waals surface area contributed by atoms with Crippen LogP contribution in [0.4, 0.5) is 0 Å². The van der Waals surface area contributed by atoms with Gasteiger partial charge in [0.15, 0.2) is 0 Å².